The van der Waals surface area contributed by atoms with Crippen LogP contribution in [0.2, 0.25) is 0 Å². The van der Waals surface area contributed by atoms with E-state index in [1.807, 2.05) is 5.32 Å². The zero-order valence-corrected chi connectivity index (χ0v) is 16.2. The van der Waals surface area contributed by atoms with Gasteiger partial charge in [-0.25, -0.2) is 26.3 Å². The van der Waals surface area contributed by atoms with E-state index in [9.17, 15) is 31.2 Å². The van der Waals surface area contributed by atoms with Crippen LogP contribution in [0.5, 0.6) is 0 Å². The third kappa shape index (κ3) is 5.78. The molecule has 29 heavy (non-hydrogen) atoms. The number of rotatable bonds is 7. The van der Waals surface area contributed by atoms with Crippen LogP contribution < -0.4 is 15.4 Å². The van der Waals surface area contributed by atoms with Crippen LogP contribution in [-0.2, 0) is 14.8 Å². The first-order valence-corrected chi connectivity index (χ1v) is 9.83. The number of anilines is 1. The first kappa shape index (κ1) is 22.4. The summed E-state index contributed by atoms with van der Waals surface area (Å²) in [5.74, 6) is -6.25. The molecule has 0 atom stereocenters. The Kier molecular flexibility index (Phi) is 6.98. The summed E-state index contributed by atoms with van der Waals surface area (Å²) in [5, 5.41) is 4.26. The number of halogens is 3. The zero-order chi connectivity index (χ0) is 21.8. The lowest BCUT2D eigenvalue weighted by Gasteiger charge is -2.10. The van der Waals surface area contributed by atoms with Crippen molar-refractivity contribution in [3.63, 3.8) is 0 Å². The molecule has 2 aromatic rings. The van der Waals surface area contributed by atoms with Crippen molar-refractivity contribution in [1.29, 1.82) is 0 Å². The molecule has 0 aliphatic carbocycles. The number of carbonyl (C=O) groups is 2. The van der Waals surface area contributed by atoms with Gasteiger partial charge in [-0.05, 0) is 50.2 Å². The van der Waals surface area contributed by atoms with E-state index < -0.39 is 51.5 Å². The summed E-state index contributed by atoms with van der Waals surface area (Å²) in [6.07, 6.45) is 0. The number of carbonyl (C=O) groups excluding carboxylic acids is 2. The Bertz CT molecular complexity index is 1030. The number of amides is 2. The van der Waals surface area contributed by atoms with Gasteiger partial charge in [0.25, 0.3) is 5.91 Å². The maximum Gasteiger partial charge on any atom is 0.251 e. The van der Waals surface area contributed by atoms with E-state index in [-0.39, 0.29) is 16.5 Å². The zero-order valence-electron chi connectivity index (χ0n) is 15.4. The van der Waals surface area contributed by atoms with Crippen LogP contribution in [0.3, 0.4) is 0 Å². The quantitative estimate of drug-likeness (QED) is 0.587. The normalized spacial score (nSPS) is 11.4. The standard InChI is InChI=1S/C18H18F3N3O4S/c1-10(2)24-29(27,28)12-5-3-11(4-6-12)18(26)22-9-15(25)23-14-8-7-13(19)16(20)17(14)21/h3-8,10,24H,9H2,1-2H3,(H,22,26)(H,23,25). The van der Waals surface area contributed by atoms with E-state index in [1.54, 1.807) is 13.8 Å². The fraction of sp³-hybridized carbons (Fsp3) is 0.222. The minimum absolute atomic E-state index is 0.0331. The Morgan fingerprint density at radius 3 is 2.17 bits per heavy atom. The van der Waals surface area contributed by atoms with Crippen molar-refractivity contribution < 1.29 is 31.2 Å². The molecule has 3 N–H and O–H groups in total. The second kappa shape index (κ2) is 9.05. The van der Waals surface area contributed by atoms with Gasteiger partial charge in [-0.3, -0.25) is 9.59 Å². The van der Waals surface area contributed by atoms with Crippen LogP contribution in [-0.4, -0.2) is 32.8 Å². The Labute approximate surface area is 165 Å². The summed E-state index contributed by atoms with van der Waals surface area (Å²) < 4.78 is 66.0. The van der Waals surface area contributed by atoms with Gasteiger partial charge in [-0.1, -0.05) is 0 Å². The van der Waals surface area contributed by atoms with Gasteiger partial charge in [-0.2, -0.15) is 0 Å². The van der Waals surface area contributed by atoms with Gasteiger partial charge in [0.05, 0.1) is 17.1 Å². The Hall–Kier alpha value is -2.92. The topological polar surface area (TPSA) is 104 Å². The fourth-order valence-electron chi connectivity index (χ4n) is 2.24. The molecule has 0 bridgehead atoms. The number of sulfonamides is 1. The van der Waals surface area contributed by atoms with E-state index >= 15 is 0 Å². The van der Waals surface area contributed by atoms with E-state index in [2.05, 4.69) is 10.0 Å². The third-order valence-corrected chi connectivity index (χ3v) is 5.21. The molecule has 2 rings (SSSR count). The monoisotopic (exact) mass is 429 g/mol. The van der Waals surface area contributed by atoms with Crippen molar-refractivity contribution in [2.24, 2.45) is 0 Å². The molecule has 0 spiro atoms. The van der Waals surface area contributed by atoms with Gasteiger partial charge in [-0.15, -0.1) is 0 Å². The van der Waals surface area contributed by atoms with Crippen LogP contribution in [0.25, 0.3) is 0 Å². The largest absolute Gasteiger partial charge is 0.343 e. The number of hydrogen-bond donors (Lipinski definition) is 3. The van der Waals surface area contributed by atoms with Gasteiger partial charge >= 0.3 is 0 Å². The average molecular weight is 429 g/mol. The van der Waals surface area contributed by atoms with Crippen molar-refractivity contribution in [2.75, 3.05) is 11.9 Å². The van der Waals surface area contributed by atoms with Crippen LogP contribution in [0.4, 0.5) is 18.9 Å². The van der Waals surface area contributed by atoms with Crippen molar-refractivity contribution in [3.05, 3.63) is 59.4 Å². The second-order valence-corrected chi connectivity index (χ2v) is 7.97. The molecular weight excluding hydrogens is 411 g/mol. The summed E-state index contributed by atoms with van der Waals surface area (Å²) in [4.78, 5) is 23.8. The maximum atomic E-state index is 13.5. The SMILES string of the molecule is CC(C)NS(=O)(=O)c1ccc(C(=O)NCC(=O)Nc2ccc(F)c(F)c2F)cc1. The van der Waals surface area contributed by atoms with Gasteiger partial charge in [0, 0.05) is 11.6 Å². The van der Waals surface area contributed by atoms with Crippen LogP contribution in [0.15, 0.2) is 41.3 Å². The van der Waals surface area contributed by atoms with E-state index in [0.717, 1.165) is 6.07 Å². The van der Waals surface area contributed by atoms with Gasteiger partial charge in [0.15, 0.2) is 17.5 Å². The Balaban J connectivity index is 1.97. The predicted octanol–water partition coefficient (Wildman–Crippen LogP) is 2.16. The highest BCUT2D eigenvalue weighted by molar-refractivity contribution is 7.89. The van der Waals surface area contributed by atoms with Crippen molar-refractivity contribution in [2.45, 2.75) is 24.8 Å². The molecule has 0 aliphatic rings. The summed E-state index contributed by atoms with van der Waals surface area (Å²) in [6, 6.07) is 6.18. The number of benzene rings is 2. The van der Waals surface area contributed by atoms with Crippen LogP contribution in [0, 0.1) is 17.5 Å². The lowest BCUT2D eigenvalue weighted by molar-refractivity contribution is -0.115. The van der Waals surface area contributed by atoms with E-state index in [0.29, 0.717) is 6.07 Å². The highest BCUT2D eigenvalue weighted by Crippen LogP contribution is 2.19. The predicted molar refractivity (Wildman–Crippen MR) is 99.2 cm³/mol. The minimum Gasteiger partial charge on any atom is -0.343 e. The lowest BCUT2D eigenvalue weighted by atomic mass is 10.2. The molecule has 156 valence electrons. The molecule has 0 saturated heterocycles. The summed E-state index contributed by atoms with van der Waals surface area (Å²) in [7, 11) is -3.71. The number of nitrogens with one attached hydrogen (secondary N) is 3. The lowest BCUT2D eigenvalue weighted by Crippen LogP contribution is -2.33. The first-order valence-electron chi connectivity index (χ1n) is 8.35. The molecule has 0 unspecified atom stereocenters. The van der Waals surface area contributed by atoms with Gasteiger partial charge < -0.3 is 10.6 Å². The van der Waals surface area contributed by atoms with Gasteiger partial charge in [0.2, 0.25) is 15.9 Å². The molecule has 0 heterocycles. The Morgan fingerprint density at radius 1 is 0.966 bits per heavy atom. The molecular formula is C18H18F3N3O4S. The van der Waals surface area contributed by atoms with Crippen molar-refractivity contribution >= 4 is 27.5 Å². The molecule has 2 aromatic carbocycles. The molecule has 0 aliphatic heterocycles. The van der Waals surface area contributed by atoms with Crippen molar-refractivity contribution in [3.8, 4) is 0 Å². The summed E-state index contributed by atoms with van der Waals surface area (Å²) in [6.45, 7) is 2.75. The maximum absolute atomic E-state index is 13.5. The molecule has 11 heteroatoms. The molecule has 7 nitrogen and oxygen atoms in total. The Morgan fingerprint density at radius 2 is 1.59 bits per heavy atom. The second-order valence-electron chi connectivity index (χ2n) is 6.25. The van der Waals surface area contributed by atoms with Crippen LogP contribution in [0.1, 0.15) is 24.2 Å². The van der Waals surface area contributed by atoms with E-state index in [4.69, 9.17) is 0 Å². The highest BCUT2D eigenvalue weighted by Gasteiger charge is 2.17. The molecule has 0 saturated carbocycles. The van der Waals surface area contributed by atoms with Gasteiger partial charge in [0.1, 0.15) is 0 Å². The molecule has 0 aromatic heterocycles. The highest BCUT2D eigenvalue weighted by atomic mass is 32.2. The van der Waals surface area contributed by atoms with Crippen molar-refractivity contribution in [1.82, 2.24) is 10.0 Å². The molecule has 0 fully saturated rings. The van der Waals surface area contributed by atoms with Crippen LogP contribution >= 0.6 is 0 Å². The average Bonchev–Trinajstić information content (AvgIpc) is 2.65. The first-order chi connectivity index (χ1) is 13.5. The molecule has 2 amide bonds. The summed E-state index contributed by atoms with van der Waals surface area (Å²) >= 11 is 0. The smallest absolute Gasteiger partial charge is 0.251 e. The summed E-state index contributed by atoms with van der Waals surface area (Å²) in [5.41, 5.74) is -0.490. The van der Waals surface area contributed by atoms with E-state index in [1.165, 1.54) is 24.3 Å². The third-order valence-electron chi connectivity index (χ3n) is 3.54. The fourth-order valence-corrected chi connectivity index (χ4v) is 3.49. The minimum atomic E-state index is -3.71. The molecule has 0 radical (unpaired) electrons. The number of hydrogen-bond acceptors (Lipinski definition) is 4.